The van der Waals surface area contributed by atoms with Crippen molar-refractivity contribution in [1.29, 1.82) is 0 Å². The van der Waals surface area contributed by atoms with Gasteiger partial charge in [0.1, 0.15) is 6.04 Å². The first-order valence-electron chi connectivity index (χ1n) is 6.79. The summed E-state index contributed by atoms with van der Waals surface area (Å²) in [6, 6.07) is -1.11. The second kappa shape index (κ2) is 6.92. The molecule has 23 heavy (non-hydrogen) atoms. The first-order valence-corrected chi connectivity index (χ1v) is 7.84. The van der Waals surface area contributed by atoms with Crippen molar-refractivity contribution in [1.82, 2.24) is 9.80 Å². The van der Waals surface area contributed by atoms with Crippen LogP contribution in [0.1, 0.15) is 6.42 Å². The number of likely N-dealkylation sites (tertiary alicyclic amines) is 1. The predicted molar refractivity (Wildman–Crippen MR) is 79.1 cm³/mol. The lowest BCUT2D eigenvalue weighted by Crippen LogP contribution is -2.41. The number of amides is 4. The molecule has 0 spiro atoms. The topological polar surface area (TPSA) is 138 Å². The van der Waals surface area contributed by atoms with Crippen molar-refractivity contribution < 1.29 is 29.1 Å². The van der Waals surface area contributed by atoms with Gasteiger partial charge in [-0.1, -0.05) is 0 Å². The van der Waals surface area contributed by atoms with Crippen LogP contribution < -0.4 is 5.73 Å². The number of hydrogen-bond acceptors (Lipinski definition) is 7. The number of imide groups is 2. The molecule has 2 heterocycles. The number of carbonyl (C=O) groups excluding carboxylic acids is 4. The van der Waals surface area contributed by atoms with Crippen LogP contribution in [0, 0.1) is 0 Å². The number of carbonyl (C=O) groups is 5. The van der Waals surface area contributed by atoms with Crippen LogP contribution in [-0.2, 0) is 24.0 Å². The molecule has 0 aliphatic carbocycles. The Morgan fingerprint density at radius 3 is 2.35 bits per heavy atom. The summed E-state index contributed by atoms with van der Waals surface area (Å²) in [4.78, 5) is 59.5. The van der Waals surface area contributed by atoms with E-state index in [1.54, 1.807) is 0 Å². The second-order valence-corrected chi connectivity index (χ2v) is 6.25. The molecule has 2 rings (SSSR count). The van der Waals surface area contributed by atoms with E-state index in [1.165, 1.54) is 0 Å². The van der Waals surface area contributed by atoms with Gasteiger partial charge in [0.15, 0.2) is 0 Å². The molecule has 0 aromatic rings. The first kappa shape index (κ1) is 17.2. The minimum atomic E-state index is -1.18. The SMILES string of the molecule is NC(CSC1CC(=O)N(CCN2C(=O)C=CC2=O)C1=O)C(=O)O. The fraction of sp³-hybridized carbons (Fsp3) is 0.462. The Hall–Kier alpha value is -2.20. The molecule has 2 aliphatic rings. The lowest BCUT2D eigenvalue weighted by molar-refractivity contribution is -0.142. The second-order valence-electron chi connectivity index (χ2n) is 5.02. The van der Waals surface area contributed by atoms with Gasteiger partial charge in [-0.3, -0.25) is 33.8 Å². The van der Waals surface area contributed by atoms with Crippen molar-refractivity contribution in [3.05, 3.63) is 12.2 Å². The lowest BCUT2D eigenvalue weighted by Gasteiger charge is -2.19. The van der Waals surface area contributed by atoms with E-state index in [0.717, 1.165) is 33.7 Å². The highest BCUT2D eigenvalue weighted by molar-refractivity contribution is 8.00. The maximum atomic E-state index is 12.2. The van der Waals surface area contributed by atoms with Crippen molar-refractivity contribution in [2.45, 2.75) is 17.7 Å². The van der Waals surface area contributed by atoms with Gasteiger partial charge in [0.25, 0.3) is 11.8 Å². The highest BCUT2D eigenvalue weighted by Gasteiger charge is 2.39. The van der Waals surface area contributed by atoms with E-state index in [9.17, 15) is 24.0 Å². The smallest absolute Gasteiger partial charge is 0.321 e. The van der Waals surface area contributed by atoms with Gasteiger partial charge in [-0.05, 0) is 0 Å². The molecule has 2 aliphatic heterocycles. The molecule has 0 aromatic heterocycles. The Bertz CT molecular complexity index is 587. The summed E-state index contributed by atoms with van der Waals surface area (Å²) >= 11 is 1.02. The van der Waals surface area contributed by atoms with E-state index in [1.807, 2.05) is 0 Å². The number of carboxylic acid groups (broad SMARTS) is 1. The molecule has 4 amide bonds. The van der Waals surface area contributed by atoms with Gasteiger partial charge < -0.3 is 10.8 Å². The molecule has 2 atom stereocenters. The van der Waals surface area contributed by atoms with Gasteiger partial charge in [-0.15, -0.1) is 11.8 Å². The average Bonchev–Trinajstić information content (AvgIpc) is 2.95. The van der Waals surface area contributed by atoms with E-state index >= 15 is 0 Å². The summed E-state index contributed by atoms with van der Waals surface area (Å²) in [5.41, 5.74) is 5.36. The van der Waals surface area contributed by atoms with Crippen molar-refractivity contribution in [3.63, 3.8) is 0 Å². The number of nitrogens with zero attached hydrogens (tertiary/aromatic N) is 2. The van der Waals surface area contributed by atoms with Gasteiger partial charge in [0, 0.05) is 37.4 Å². The lowest BCUT2D eigenvalue weighted by atomic mass is 10.3. The third kappa shape index (κ3) is 3.77. The van der Waals surface area contributed by atoms with Crippen LogP contribution >= 0.6 is 11.8 Å². The van der Waals surface area contributed by atoms with Gasteiger partial charge in [-0.2, -0.15) is 0 Å². The van der Waals surface area contributed by atoms with Crippen molar-refractivity contribution in [2.24, 2.45) is 5.73 Å². The van der Waals surface area contributed by atoms with E-state index in [4.69, 9.17) is 10.8 Å². The molecular formula is C13H15N3O6S. The summed E-state index contributed by atoms with van der Waals surface area (Å²) < 4.78 is 0. The predicted octanol–water partition coefficient (Wildman–Crippen LogP) is -1.82. The molecule has 9 nitrogen and oxygen atoms in total. The van der Waals surface area contributed by atoms with E-state index in [-0.39, 0.29) is 25.3 Å². The fourth-order valence-corrected chi connectivity index (χ4v) is 3.27. The summed E-state index contributed by atoms with van der Waals surface area (Å²) in [5.74, 6) is -2.99. The maximum absolute atomic E-state index is 12.2. The third-order valence-corrected chi connectivity index (χ3v) is 4.77. The minimum absolute atomic E-state index is 0.0138. The van der Waals surface area contributed by atoms with Crippen LogP contribution in [-0.4, -0.2) is 74.6 Å². The van der Waals surface area contributed by atoms with Crippen molar-refractivity contribution >= 4 is 41.4 Å². The normalized spacial score (nSPS) is 22.4. The molecule has 0 bridgehead atoms. The van der Waals surface area contributed by atoms with E-state index in [0.29, 0.717) is 0 Å². The summed E-state index contributed by atoms with van der Waals surface area (Å²) in [5, 5.41) is 8.02. The highest BCUT2D eigenvalue weighted by atomic mass is 32.2. The zero-order valence-electron chi connectivity index (χ0n) is 12.0. The number of rotatable bonds is 7. The largest absolute Gasteiger partial charge is 0.480 e. The molecular weight excluding hydrogens is 326 g/mol. The van der Waals surface area contributed by atoms with Crippen LogP contribution in [0.2, 0.25) is 0 Å². The minimum Gasteiger partial charge on any atom is -0.480 e. The molecule has 0 radical (unpaired) electrons. The monoisotopic (exact) mass is 341 g/mol. The molecule has 0 aromatic carbocycles. The van der Waals surface area contributed by atoms with Crippen LogP contribution in [0.5, 0.6) is 0 Å². The first-order chi connectivity index (χ1) is 10.8. The fourth-order valence-electron chi connectivity index (χ4n) is 2.16. The molecule has 1 fully saturated rings. The van der Waals surface area contributed by atoms with Crippen molar-refractivity contribution in [2.75, 3.05) is 18.8 Å². The number of thioether (sulfide) groups is 1. The Kier molecular flexibility index (Phi) is 5.16. The van der Waals surface area contributed by atoms with Gasteiger partial charge in [0.05, 0.1) is 5.25 Å². The maximum Gasteiger partial charge on any atom is 0.321 e. The van der Waals surface area contributed by atoms with Gasteiger partial charge in [0.2, 0.25) is 11.8 Å². The van der Waals surface area contributed by atoms with E-state index in [2.05, 4.69) is 0 Å². The van der Waals surface area contributed by atoms with Crippen LogP contribution in [0.3, 0.4) is 0 Å². The standard InChI is InChI=1S/C13H15N3O6S/c14-7(13(21)22)6-23-8-5-11(19)16(12(8)20)4-3-15-9(17)1-2-10(15)18/h1-2,7-8H,3-6,14H2,(H,21,22). The summed E-state index contributed by atoms with van der Waals surface area (Å²) in [6.07, 6.45) is 2.21. The average molecular weight is 341 g/mol. The van der Waals surface area contributed by atoms with Gasteiger partial charge >= 0.3 is 5.97 Å². The number of carboxylic acids is 1. The third-order valence-electron chi connectivity index (χ3n) is 3.44. The highest BCUT2D eigenvalue weighted by Crippen LogP contribution is 2.25. The molecule has 3 N–H and O–H groups in total. The zero-order valence-corrected chi connectivity index (χ0v) is 12.8. The molecule has 2 unspecified atom stereocenters. The van der Waals surface area contributed by atoms with Crippen LogP contribution in [0.4, 0.5) is 0 Å². The Balaban J connectivity index is 1.87. The number of hydrogen-bond donors (Lipinski definition) is 2. The Morgan fingerprint density at radius 2 is 1.78 bits per heavy atom. The molecule has 10 heteroatoms. The summed E-state index contributed by atoms with van der Waals surface area (Å²) in [6.45, 7) is -0.132. The van der Waals surface area contributed by atoms with Crippen LogP contribution in [0.25, 0.3) is 0 Å². The molecule has 1 saturated heterocycles. The Labute approximate surface area is 135 Å². The molecule has 0 saturated carbocycles. The molecule has 124 valence electrons. The summed E-state index contributed by atoms with van der Waals surface area (Å²) in [7, 11) is 0. The Morgan fingerprint density at radius 1 is 1.22 bits per heavy atom. The number of nitrogens with two attached hydrogens (primary N) is 1. The van der Waals surface area contributed by atoms with Crippen LogP contribution in [0.15, 0.2) is 12.2 Å². The van der Waals surface area contributed by atoms with E-state index < -0.39 is 40.9 Å². The van der Waals surface area contributed by atoms with Crippen molar-refractivity contribution in [3.8, 4) is 0 Å². The quantitative estimate of drug-likeness (QED) is 0.516. The van der Waals surface area contributed by atoms with Gasteiger partial charge in [-0.25, -0.2) is 0 Å². The zero-order chi connectivity index (χ0) is 17.1. The number of aliphatic carboxylic acids is 1.